The molecule has 0 saturated carbocycles. The van der Waals surface area contributed by atoms with Crippen molar-refractivity contribution in [1.29, 1.82) is 0 Å². The number of fused-ring (bicyclic) bond motifs is 1. The molecule has 0 spiro atoms. The van der Waals surface area contributed by atoms with Gasteiger partial charge in [-0.2, -0.15) is 0 Å². The molecule has 2 fully saturated rings. The lowest BCUT2D eigenvalue weighted by Gasteiger charge is -2.28. The summed E-state index contributed by atoms with van der Waals surface area (Å²) < 4.78 is 4.97. The molecule has 0 bridgehead atoms. The Morgan fingerprint density at radius 2 is 1.71 bits per heavy atom. The van der Waals surface area contributed by atoms with Gasteiger partial charge in [0.25, 0.3) is 0 Å². The topological polar surface area (TPSA) is 75.7 Å². The second kappa shape index (κ2) is 7.93. The van der Waals surface area contributed by atoms with E-state index in [2.05, 4.69) is 5.32 Å². The van der Waals surface area contributed by atoms with Gasteiger partial charge in [-0.1, -0.05) is 53.5 Å². The first kappa shape index (κ1) is 21.8. The first-order valence-electron chi connectivity index (χ1n) is 9.99. The number of methoxy groups -OCH3 is 1. The van der Waals surface area contributed by atoms with Gasteiger partial charge < -0.3 is 4.74 Å². The molecule has 0 aliphatic carbocycles. The summed E-state index contributed by atoms with van der Waals surface area (Å²) in [4.78, 5) is 39.9. The van der Waals surface area contributed by atoms with Crippen LogP contribution in [0.1, 0.15) is 25.5 Å². The first-order chi connectivity index (χ1) is 14.7. The standard InChI is InChI=1S/C23H22Cl2N2O4/c1-4-27-20(28)17-18(21(27)29)23(2,22(30)31-3)26-19(17)13-7-5-12(6-8-13)14-9-10-15(24)16(25)11-14/h5-11,17-19,26H,4H2,1-3H3/t17-,18-,19-,23-/m1/s1. The summed E-state index contributed by atoms with van der Waals surface area (Å²) in [5, 5.41) is 4.18. The van der Waals surface area contributed by atoms with Crippen LogP contribution >= 0.6 is 23.2 Å². The molecule has 2 aliphatic rings. The summed E-state index contributed by atoms with van der Waals surface area (Å²) in [5.74, 6) is -2.65. The summed E-state index contributed by atoms with van der Waals surface area (Å²) in [6.07, 6.45) is 0. The van der Waals surface area contributed by atoms with E-state index in [1.807, 2.05) is 30.3 Å². The second-order valence-electron chi connectivity index (χ2n) is 7.99. The van der Waals surface area contributed by atoms with Gasteiger partial charge in [-0.05, 0) is 42.7 Å². The number of nitrogens with one attached hydrogen (secondary N) is 1. The summed E-state index contributed by atoms with van der Waals surface area (Å²) >= 11 is 12.1. The molecule has 0 aromatic heterocycles. The Balaban J connectivity index is 1.71. The van der Waals surface area contributed by atoms with Gasteiger partial charge in [-0.15, -0.1) is 0 Å². The van der Waals surface area contributed by atoms with Crippen LogP contribution in [0.15, 0.2) is 42.5 Å². The lowest BCUT2D eigenvalue weighted by molar-refractivity contribution is -0.153. The largest absolute Gasteiger partial charge is 0.468 e. The third-order valence-electron chi connectivity index (χ3n) is 6.33. The molecule has 2 saturated heterocycles. The Bertz CT molecular complexity index is 1070. The number of halogens is 2. The van der Waals surface area contributed by atoms with E-state index in [-0.39, 0.29) is 18.4 Å². The van der Waals surface area contributed by atoms with Gasteiger partial charge in [-0.25, -0.2) is 0 Å². The molecular formula is C23H22Cl2N2O4. The molecule has 4 rings (SSSR count). The third kappa shape index (κ3) is 3.34. The molecule has 0 radical (unpaired) electrons. The van der Waals surface area contributed by atoms with Crippen LogP contribution < -0.4 is 5.32 Å². The molecule has 162 valence electrons. The number of amides is 2. The lowest BCUT2D eigenvalue weighted by atomic mass is 9.80. The highest BCUT2D eigenvalue weighted by Crippen LogP contribution is 2.49. The van der Waals surface area contributed by atoms with Crippen molar-refractivity contribution in [3.8, 4) is 11.1 Å². The molecular weight excluding hydrogens is 439 g/mol. The van der Waals surface area contributed by atoms with Crippen LogP contribution in [-0.2, 0) is 19.1 Å². The molecule has 2 aromatic carbocycles. The van der Waals surface area contributed by atoms with Gasteiger partial charge >= 0.3 is 5.97 Å². The molecule has 2 amide bonds. The number of hydrogen-bond donors (Lipinski definition) is 1. The van der Waals surface area contributed by atoms with Crippen molar-refractivity contribution in [2.75, 3.05) is 13.7 Å². The minimum atomic E-state index is -1.29. The Morgan fingerprint density at radius 1 is 1.06 bits per heavy atom. The highest BCUT2D eigenvalue weighted by molar-refractivity contribution is 6.42. The van der Waals surface area contributed by atoms with Crippen molar-refractivity contribution in [2.24, 2.45) is 11.8 Å². The van der Waals surface area contributed by atoms with Gasteiger partial charge in [0, 0.05) is 12.6 Å². The van der Waals surface area contributed by atoms with E-state index in [0.29, 0.717) is 10.0 Å². The molecule has 6 nitrogen and oxygen atoms in total. The number of ether oxygens (including phenoxy) is 1. The highest BCUT2D eigenvalue weighted by atomic mass is 35.5. The Morgan fingerprint density at radius 3 is 2.29 bits per heavy atom. The zero-order chi connectivity index (χ0) is 22.5. The average molecular weight is 461 g/mol. The second-order valence-corrected chi connectivity index (χ2v) is 8.81. The van der Waals surface area contributed by atoms with Gasteiger partial charge in [0.1, 0.15) is 5.54 Å². The fourth-order valence-electron chi connectivity index (χ4n) is 4.76. The van der Waals surface area contributed by atoms with E-state index in [4.69, 9.17) is 27.9 Å². The summed E-state index contributed by atoms with van der Waals surface area (Å²) in [5.41, 5.74) is 1.35. The summed E-state index contributed by atoms with van der Waals surface area (Å²) in [6, 6.07) is 12.5. The molecule has 0 unspecified atom stereocenters. The van der Waals surface area contributed by atoms with Crippen LogP contribution in [0.5, 0.6) is 0 Å². The summed E-state index contributed by atoms with van der Waals surface area (Å²) in [7, 11) is 1.28. The van der Waals surface area contributed by atoms with Gasteiger partial charge in [-0.3, -0.25) is 24.6 Å². The number of carbonyl (C=O) groups excluding carboxylic acids is 3. The number of hydrogen-bond acceptors (Lipinski definition) is 5. The third-order valence-corrected chi connectivity index (χ3v) is 7.07. The van der Waals surface area contributed by atoms with E-state index in [9.17, 15) is 14.4 Å². The SMILES string of the molecule is CCN1C(=O)[C@H]2[C@@H](c3ccc(-c4ccc(Cl)c(Cl)c4)cc3)N[C@@](C)(C(=O)OC)[C@H]2C1=O. The molecule has 1 N–H and O–H groups in total. The van der Waals surface area contributed by atoms with Crippen LogP contribution in [-0.4, -0.2) is 41.9 Å². The van der Waals surface area contributed by atoms with Gasteiger partial charge in [0.2, 0.25) is 11.8 Å². The van der Waals surface area contributed by atoms with E-state index < -0.39 is 29.4 Å². The smallest absolute Gasteiger partial charge is 0.326 e. The molecule has 4 atom stereocenters. The Hall–Kier alpha value is -2.41. The van der Waals surface area contributed by atoms with Crippen molar-refractivity contribution in [3.05, 3.63) is 58.1 Å². The van der Waals surface area contributed by atoms with Crippen molar-refractivity contribution >= 4 is 41.0 Å². The average Bonchev–Trinajstić information content (AvgIpc) is 3.23. The molecule has 8 heteroatoms. The number of likely N-dealkylation sites (tertiary alicyclic amines) is 1. The van der Waals surface area contributed by atoms with Crippen molar-refractivity contribution < 1.29 is 19.1 Å². The monoisotopic (exact) mass is 460 g/mol. The maximum Gasteiger partial charge on any atom is 0.326 e. The number of nitrogens with zero attached hydrogens (tertiary/aromatic N) is 1. The zero-order valence-electron chi connectivity index (χ0n) is 17.3. The van der Waals surface area contributed by atoms with Gasteiger partial charge in [0.15, 0.2) is 0 Å². The number of imide groups is 1. The molecule has 2 heterocycles. The van der Waals surface area contributed by atoms with Crippen LogP contribution in [0, 0.1) is 11.8 Å². The normalized spacial score (nSPS) is 27.5. The maximum absolute atomic E-state index is 13.1. The molecule has 2 aromatic rings. The number of esters is 1. The van der Waals surface area contributed by atoms with Crippen molar-refractivity contribution in [2.45, 2.75) is 25.4 Å². The van der Waals surface area contributed by atoms with Gasteiger partial charge in [0.05, 0.1) is 29.0 Å². The fourth-order valence-corrected chi connectivity index (χ4v) is 5.05. The van der Waals surface area contributed by atoms with E-state index in [1.165, 1.54) is 12.0 Å². The van der Waals surface area contributed by atoms with Crippen LogP contribution in [0.4, 0.5) is 0 Å². The predicted octanol–water partition coefficient (Wildman–Crippen LogP) is 3.86. The first-order valence-corrected chi connectivity index (χ1v) is 10.7. The Labute approximate surface area is 190 Å². The van der Waals surface area contributed by atoms with Crippen LogP contribution in [0.3, 0.4) is 0 Å². The predicted molar refractivity (Wildman–Crippen MR) is 118 cm³/mol. The number of carbonyl (C=O) groups is 3. The van der Waals surface area contributed by atoms with E-state index in [0.717, 1.165) is 16.7 Å². The zero-order valence-corrected chi connectivity index (χ0v) is 18.8. The number of rotatable bonds is 4. The molecule has 31 heavy (non-hydrogen) atoms. The summed E-state index contributed by atoms with van der Waals surface area (Å²) in [6.45, 7) is 3.65. The number of benzene rings is 2. The van der Waals surface area contributed by atoms with Crippen LogP contribution in [0.25, 0.3) is 11.1 Å². The lowest BCUT2D eigenvalue weighted by Crippen LogP contribution is -2.53. The molecule has 2 aliphatic heterocycles. The highest BCUT2D eigenvalue weighted by Gasteiger charge is 2.66. The van der Waals surface area contributed by atoms with Crippen LogP contribution in [0.2, 0.25) is 10.0 Å². The van der Waals surface area contributed by atoms with E-state index in [1.54, 1.807) is 26.0 Å². The van der Waals surface area contributed by atoms with E-state index >= 15 is 0 Å². The van der Waals surface area contributed by atoms with Crippen molar-refractivity contribution in [1.82, 2.24) is 10.2 Å². The quantitative estimate of drug-likeness (QED) is 0.553. The minimum absolute atomic E-state index is 0.267. The fraction of sp³-hybridized carbons (Fsp3) is 0.348. The maximum atomic E-state index is 13.1. The van der Waals surface area contributed by atoms with Crippen molar-refractivity contribution in [3.63, 3.8) is 0 Å². The Kier molecular flexibility index (Phi) is 5.58. The minimum Gasteiger partial charge on any atom is -0.468 e.